The van der Waals surface area contributed by atoms with Crippen LogP contribution in [-0.2, 0) is 11.2 Å². The zero-order valence-corrected chi connectivity index (χ0v) is 14.3. The van der Waals surface area contributed by atoms with Gasteiger partial charge in [0.1, 0.15) is 0 Å². The van der Waals surface area contributed by atoms with Gasteiger partial charge in [0.05, 0.1) is 12.2 Å². The van der Waals surface area contributed by atoms with Crippen LogP contribution < -0.4 is 5.32 Å². The van der Waals surface area contributed by atoms with E-state index in [0.29, 0.717) is 35.2 Å². The van der Waals surface area contributed by atoms with Crippen LogP contribution in [0.1, 0.15) is 37.1 Å². The van der Waals surface area contributed by atoms with E-state index in [1.807, 2.05) is 30.3 Å². The molecule has 0 spiro atoms. The van der Waals surface area contributed by atoms with Crippen LogP contribution in [0.15, 0.2) is 40.0 Å². The van der Waals surface area contributed by atoms with Crippen molar-refractivity contribution < 1.29 is 9.21 Å². The average molecular weight is 343 g/mol. The minimum absolute atomic E-state index is 0.0698. The fourth-order valence-corrected chi connectivity index (χ4v) is 4.53. The summed E-state index contributed by atoms with van der Waals surface area (Å²) in [5.74, 6) is 2.52. The molecule has 1 amide bonds. The van der Waals surface area contributed by atoms with Crippen LogP contribution in [0.2, 0.25) is 0 Å². The van der Waals surface area contributed by atoms with Gasteiger partial charge in [0.2, 0.25) is 11.8 Å². The third-order valence-electron chi connectivity index (χ3n) is 5.06. The number of aromatic nitrogens is 2. The molecular weight excluding hydrogens is 322 g/mol. The van der Waals surface area contributed by atoms with Gasteiger partial charge in [0, 0.05) is 6.04 Å². The van der Waals surface area contributed by atoms with Gasteiger partial charge in [-0.15, -0.1) is 10.2 Å². The second-order valence-electron chi connectivity index (χ2n) is 6.76. The van der Waals surface area contributed by atoms with Crippen molar-refractivity contribution in [3.05, 3.63) is 41.8 Å². The van der Waals surface area contributed by atoms with E-state index in [4.69, 9.17) is 4.42 Å². The largest absolute Gasteiger partial charge is 0.416 e. The van der Waals surface area contributed by atoms with Crippen LogP contribution in [0.4, 0.5) is 0 Å². The molecule has 1 aromatic carbocycles. The highest BCUT2D eigenvalue weighted by molar-refractivity contribution is 7.99. The van der Waals surface area contributed by atoms with Gasteiger partial charge in [-0.3, -0.25) is 4.79 Å². The summed E-state index contributed by atoms with van der Waals surface area (Å²) in [4.78, 5) is 12.1. The fourth-order valence-electron chi connectivity index (χ4n) is 3.94. The molecule has 2 aliphatic rings. The Bertz CT molecular complexity index is 703. The highest BCUT2D eigenvalue weighted by atomic mass is 32.2. The molecule has 2 saturated carbocycles. The van der Waals surface area contributed by atoms with Crippen LogP contribution in [0.5, 0.6) is 0 Å². The van der Waals surface area contributed by atoms with Gasteiger partial charge >= 0.3 is 0 Å². The van der Waals surface area contributed by atoms with Gasteiger partial charge < -0.3 is 9.73 Å². The summed E-state index contributed by atoms with van der Waals surface area (Å²) in [5.41, 5.74) is 1.13. The number of thioether (sulfide) groups is 1. The molecule has 6 heteroatoms. The number of hydrogen-bond acceptors (Lipinski definition) is 5. The molecule has 0 radical (unpaired) electrons. The Labute approximate surface area is 145 Å². The van der Waals surface area contributed by atoms with Crippen LogP contribution >= 0.6 is 11.8 Å². The molecule has 1 aromatic heterocycles. The summed E-state index contributed by atoms with van der Waals surface area (Å²) in [6, 6.07) is 10.4. The molecule has 126 valence electrons. The van der Waals surface area contributed by atoms with E-state index in [0.717, 1.165) is 17.9 Å². The topological polar surface area (TPSA) is 68.0 Å². The maximum atomic E-state index is 12.1. The highest BCUT2D eigenvalue weighted by Gasteiger charge is 2.40. The lowest BCUT2D eigenvalue weighted by Crippen LogP contribution is -2.39. The Morgan fingerprint density at radius 1 is 1.21 bits per heavy atom. The van der Waals surface area contributed by atoms with E-state index in [-0.39, 0.29) is 5.91 Å². The van der Waals surface area contributed by atoms with E-state index in [1.54, 1.807) is 0 Å². The first-order valence-electron chi connectivity index (χ1n) is 8.55. The lowest BCUT2D eigenvalue weighted by Gasteiger charge is -2.22. The number of hydrogen-bond donors (Lipinski definition) is 1. The molecule has 3 atom stereocenters. The van der Waals surface area contributed by atoms with Crippen LogP contribution in [-0.4, -0.2) is 27.9 Å². The van der Waals surface area contributed by atoms with Gasteiger partial charge in [0.15, 0.2) is 0 Å². The normalized spacial score (nSPS) is 25.1. The zero-order valence-electron chi connectivity index (χ0n) is 13.5. The first kappa shape index (κ1) is 15.7. The number of rotatable bonds is 6. The van der Waals surface area contributed by atoms with Gasteiger partial charge in [-0.25, -0.2) is 0 Å². The van der Waals surface area contributed by atoms with Crippen LogP contribution in [0.25, 0.3) is 0 Å². The monoisotopic (exact) mass is 343 g/mol. The number of nitrogens with one attached hydrogen (secondary N) is 1. The fraction of sp³-hybridized carbons (Fsp3) is 0.500. The molecule has 1 N–H and O–H groups in total. The second kappa shape index (κ2) is 6.97. The third kappa shape index (κ3) is 3.64. The minimum Gasteiger partial charge on any atom is -0.416 e. The smallest absolute Gasteiger partial charge is 0.277 e. The molecule has 2 aromatic rings. The van der Waals surface area contributed by atoms with Crippen LogP contribution in [0.3, 0.4) is 0 Å². The molecule has 2 bridgehead atoms. The molecule has 24 heavy (non-hydrogen) atoms. The number of nitrogens with zero attached hydrogens (tertiary/aromatic N) is 2. The zero-order chi connectivity index (χ0) is 16.4. The van der Waals surface area contributed by atoms with Crippen molar-refractivity contribution >= 4 is 17.7 Å². The van der Waals surface area contributed by atoms with Crippen molar-refractivity contribution in [2.75, 3.05) is 5.75 Å². The lowest BCUT2D eigenvalue weighted by molar-refractivity contribution is -0.119. The SMILES string of the molecule is O=C(CSc1nnc(Cc2ccccc2)o1)N[C@@H]1C[C@@H]2CC[C@@H]1C2. The number of amides is 1. The first-order valence-corrected chi connectivity index (χ1v) is 9.53. The lowest BCUT2D eigenvalue weighted by atomic mass is 9.95. The molecule has 0 aliphatic heterocycles. The summed E-state index contributed by atoms with van der Waals surface area (Å²) in [6.45, 7) is 0. The predicted octanol–water partition coefficient (Wildman–Crippen LogP) is 3.06. The molecule has 1 heterocycles. The Balaban J connectivity index is 1.25. The molecule has 0 unspecified atom stereocenters. The van der Waals surface area contributed by atoms with Gasteiger partial charge in [-0.1, -0.05) is 48.5 Å². The second-order valence-corrected chi connectivity index (χ2v) is 7.69. The Morgan fingerprint density at radius 2 is 2.08 bits per heavy atom. The third-order valence-corrected chi connectivity index (χ3v) is 5.88. The summed E-state index contributed by atoms with van der Waals surface area (Å²) >= 11 is 1.31. The maximum Gasteiger partial charge on any atom is 0.277 e. The minimum atomic E-state index is 0.0698. The molecule has 5 nitrogen and oxygen atoms in total. The van der Waals surface area contributed by atoms with Crippen molar-refractivity contribution in [2.24, 2.45) is 11.8 Å². The highest BCUT2D eigenvalue weighted by Crippen LogP contribution is 2.44. The van der Waals surface area contributed by atoms with Crippen LogP contribution in [0, 0.1) is 11.8 Å². The number of carbonyl (C=O) groups excluding carboxylic acids is 1. The van der Waals surface area contributed by atoms with Crippen molar-refractivity contribution in [3.63, 3.8) is 0 Å². The maximum absolute atomic E-state index is 12.1. The van der Waals surface area contributed by atoms with Crippen molar-refractivity contribution in [3.8, 4) is 0 Å². The summed E-state index contributed by atoms with van der Waals surface area (Å²) in [7, 11) is 0. The summed E-state index contributed by atoms with van der Waals surface area (Å²) in [5, 5.41) is 11.7. The Kier molecular flexibility index (Phi) is 4.56. The van der Waals surface area contributed by atoms with E-state index in [9.17, 15) is 4.79 Å². The summed E-state index contributed by atoms with van der Waals surface area (Å²) < 4.78 is 5.62. The van der Waals surface area contributed by atoms with E-state index < -0.39 is 0 Å². The molecule has 4 rings (SSSR count). The van der Waals surface area contributed by atoms with Crippen molar-refractivity contribution in [2.45, 2.75) is 43.4 Å². The van der Waals surface area contributed by atoms with Gasteiger partial charge in [-0.2, -0.15) is 0 Å². The predicted molar refractivity (Wildman–Crippen MR) is 91.6 cm³/mol. The molecular formula is C18H21N3O2S. The van der Waals surface area contributed by atoms with Gasteiger partial charge in [0.25, 0.3) is 5.22 Å². The van der Waals surface area contributed by atoms with Crippen molar-refractivity contribution in [1.29, 1.82) is 0 Å². The molecule has 2 aliphatic carbocycles. The number of benzene rings is 1. The number of fused-ring (bicyclic) bond motifs is 2. The van der Waals surface area contributed by atoms with Crippen molar-refractivity contribution in [1.82, 2.24) is 15.5 Å². The quantitative estimate of drug-likeness (QED) is 0.817. The Hall–Kier alpha value is -1.82. The van der Waals surface area contributed by atoms with Gasteiger partial charge in [-0.05, 0) is 36.7 Å². The van der Waals surface area contributed by atoms with E-state index in [1.165, 1.54) is 31.0 Å². The molecule has 0 saturated heterocycles. The Morgan fingerprint density at radius 3 is 2.83 bits per heavy atom. The summed E-state index contributed by atoms with van der Waals surface area (Å²) in [6.07, 6.45) is 5.69. The average Bonchev–Trinajstić information content (AvgIpc) is 3.31. The molecule has 2 fully saturated rings. The van der Waals surface area contributed by atoms with E-state index in [2.05, 4.69) is 15.5 Å². The number of carbonyl (C=O) groups is 1. The standard InChI is InChI=1S/C18H21N3O2S/c22-16(19-15-9-13-6-7-14(15)8-13)11-24-18-21-20-17(23-18)10-12-4-2-1-3-5-12/h1-5,13-15H,6-11H2,(H,19,22)/t13-,14-,15-/m1/s1. The first-order chi connectivity index (χ1) is 11.8. The van der Waals surface area contributed by atoms with E-state index >= 15 is 0 Å².